The molecule has 1 atom stereocenters. The predicted molar refractivity (Wildman–Crippen MR) is 114 cm³/mol. The highest BCUT2D eigenvalue weighted by molar-refractivity contribution is 5.79. The van der Waals surface area contributed by atoms with Crippen molar-refractivity contribution in [1.29, 1.82) is 0 Å². The summed E-state index contributed by atoms with van der Waals surface area (Å²) < 4.78 is 2.71. The lowest BCUT2D eigenvalue weighted by molar-refractivity contribution is -0.125. The summed E-state index contributed by atoms with van der Waals surface area (Å²) in [5, 5.41) is 3.07. The average molecular weight is 399 g/mol. The average Bonchev–Trinajstić information content (AvgIpc) is 2.72. The first kappa shape index (κ1) is 20.9. The molecule has 1 amide bonds. The van der Waals surface area contributed by atoms with Gasteiger partial charge in [-0.2, -0.15) is 0 Å². The minimum atomic E-state index is -0.323. The number of piperidine rings is 1. The van der Waals surface area contributed by atoms with Crippen LogP contribution in [0, 0.1) is 19.8 Å². The second-order valence-electron chi connectivity index (χ2n) is 7.86. The zero-order valence-corrected chi connectivity index (χ0v) is 17.7. The van der Waals surface area contributed by atoms with Crippen molar-refractivity contribution in [1.82, 2.24) is 14.5 Å². The third-order valence-corrected chi connectivity index (χ3v) is 5.77. The third-order valence-electron chi connectivity index (χ3n) is 5.77. The van der Waals surface area contributed by atoms with Gasteiger partial charge >= 0.3 is 5.69 Å². The molecule has 1 aromatic carbocycles. The number of nitrogens with zero attached hydrogens (tertiary/aromatic N) is 3. The van der Waals surface area contributed by atoms with Crippen LogP contribution in [-0.4, -0.2) is 28.1 Å². The summed E-state index contributed by atoms with van der Waals surface area (Å²) in [6, 6.07) is 7.74. The molecule has 1 fully saturated rings. The molecular formula is C22H30N4O3. The number of rotatable bonds is 5. The number of nitrogens with one attached hydrogen (secondary N) is 1. The van der Waals surface area contributed by atoms with Gasteiger partial charge in [-0.05, 0) is 44.7 Å². The van der Waals surface area contributed by atoms with Crippen molar-refractivity contribution in [2.45, 2.75) is 46.7 Å². The first-order valence-corrected chi connectivity index (χ1v) is 10.2. The van der Waals surface area contributed by atoms with Crippen LogP contribution in [0.15, 0.2) is 33.9 Å². The molecule has 2 heterocycles. The summed E-state index contributed by atoms with van der Waals surface area (Å²) in [6.07, 6.45) is 1.64. The summed E-state index contributed by atoms with van der Waals surface area (Å²) >= 11 is 0. The zero-order valence-electron chi connectivity index (χ0n) is 17.7. The first-order chi connectivity index (χ1) is 13.8. The molecule has 1 aliphatic rings. The van der Waals surface area contributed by atoms with Crippen molar-refractivity contribution in [2.75, 3.05) is 18.0 Å². The van der Waals surface area contributed by atoms with Gasteiger partial charge in [-0.25, -0.2) is 4.79 Å². The molecule has 2 aromatic rings. The normalized spacial score (nSPS) is 16.7. The molecule has 0 spiro atoms. The maximum Gasteiger partial charge on any atom is 0.332 e. The smallest absolute Gasteiger partial charge is 0.332 e. The number of hydrogen-bond acceptors (Lipinski definition) is 4. The molecule has 1 N–H and O–H groups in total. The molecule has 0 saturated carbocycles. The Bertz CT molecular complexity index is 1020. The van der Waals surface area contributed by atoms with Gasteiger partial charge in [-0.1, -0.05) is 23.8 Å². The Morgan fingerprint density at radius 1 is 1.21 bits per heavy atom. The fourth-order valence-electron chi connectivity index (χ4n) is 3.93. The number of hydrogen-bond donors (Lipinski definition) is 1. The van der Waals surface area contributed by atoms with Crippen LogP contribution in [-0.2, 0) is 24.9 Å². The SMILES string of the molecule is CCn1c(N2CCCC(C(=O)NCc3cc(C)ccc3C)C2)cc(=O)n(C)c1=O. The van der Waals surface area contributed by atoms with Gasteiger partial charge < -0.3 is 10.2 Å². The van der Waals surface area contributed by atoms with E-state index in [1.807, 2.05) is 25.7 Å². The maximum absolute atomic E-state index is 12.8. The lowest BCUT2D eigenvalue weighted by Crippen LogP contribution is -2.47. The fourth-order valence-corrected chi connectivity index (χ4v) is 3.93. The Balaban J connectivity index is 1.74. The van der Waals surface area contributed by atoms with Crippen molar-refractivity contribution in [3.8, 4) is 0 Å². The molecule has 29 heavy (non-hydrogen) atoms. The quantitative estimate of drug-likeness (QED) is 0.832. The Hall–Kier alpha value is -2.83. The first-order valence-electron chi connectivity index (χ1n) is 10.2. The fraction of sp³-hybridized carbons (Fsp3) is 0.500. The van der Waals surface area contributed by atoms with Gasteiger partial charge in [0.05, 0.1) is 5.92 Å². The second-order valence-corrected chi connectivity index (χ2v) is 7.86. The molecule has 7 heteroatoms. The second kappa shape index (κ2) is 8.68. The van der Waals surface area contributed by atoms with E-state index in [2.05, 4.69) is 23.5 Å². The van der Waals surface area contributed by atoms with Crippen LogP contribution in [0.5, 0.6) is 0 Å². The molecule has 1 saturated heterocycles. The van der Waals surface area contributed by atoms with Crippen LogP contribution >= 0.6 is 0 Å². The molecule has 1 unspecified atom stereocenters. The summed E-state index contributed by atoms with van der Waals surface area (Å²) in [5.74, 6) is 0.454. The highest BCUT2D eigenvalue weighted by Gasteiger charge is 2.27. The number of amides is 1. The van der Waals surface area contributed by atoms with E-state index >= 15 is 0 Å². The molecule has 1 aromatic heterocycles. The van der Waals surface area contributed by atoms with Crippen molar-refractivity contribution >= 4 is 11.7 Å². The van der Waals surface area contributed by atoms with Gasteiger partial charge in [0.1, 0.15) is 5.82 Å². The minimum Gasteiger partial charge on any atom is -0.357 e. The predicted octanol–water partition coefficient (Wildman–Crippen LogP) is 1.72. The van der Waals surface area contributed by atoms with E-state index in [1.165, 1.54) is 18.7 Å². The van der Waals surface area contributed by atoms with E-state index in [0.29, 0.717) is 25.5 Å². The number of aryl methyl sites for hydroxylation is 2. The van der Waals surface area contributed by atoms with E-state index < -0.39 is 0 Å². The van der Waals surface area contributed by atoms with Crippen molar-refractivity contribution in [3.63, 3.8) is 0 Å². The largest absolute Gasteiger partial charge is 0.357 e. The number of carbonyl (C=O) groups is 1. The summed E-state index contributed by atoms with van der Waals surface area (Å²) in [4.78, 5) is 39.4. The van der Waals surface area contributed by atoms with E-state index in [4.69, 9.17) is 0 Å². The Morgan fingerprint density at radius 3 is 2.69 bits per heavy atom. The topological polar surface area (TPSA) is 76.3 Å². The number of aromatic nitrogens is 2. The van der Waals surface area contributed by atoms with Gasteiger partial charge in [0.15, 0.2) is 0 Å². The number of benzene rings is 1. The molecule has 0 aliphatic carbocycles. The molecule has 156 valence electrons. The molecule has 1 aliphatic heterocycles. The molecule has 3 rings (SSSR count). The zero-order chi connectivity index (χ0) is 21.1. The van der Waals surface area contributed by atoms with Crippen LogP contribution < -0.4 is 21.5 Å². The van der Waals surface area contributed by atoms with Gasteiger partial charge in [0.25, 0.3) is 5.56 Å². The molecule has 0 bridgehead atoms. The van der Waals surface area contributed by atoms with Crippen LogP contribution in [0.2, 0.25) is 0 Å². The molecule has 7 nitrogen and oxygen atoms in total. The highest BCUT2D eigenvalue weighted by Crippen LogP contribution is 2.22. The summed E-state index contributed by atoms with van der Waals surface area (Å²) in [5.41, 5.74) is 2.81. The van der Waals surface area contributed by atoms with Crippen molar-refractivity contribution in [3.05, 3.63) is 61.8 Å². The Labute approximate surface area is 171 Å². The lowest BCUT2D eigenvalue weighted by Gasteiger charge is -2.34. The van der Waals surface area contributed by atoms with Gasteiger partial charge in [0, 0.05) is 39.3 Å². The van der Waals surface area contributed by atoms with Gasteiger partial charge in [0.2, 0.25) is 5.91 Å². The van der Waals surface area contributed by atoms with Crippen LogP contribution in [0.25, 0.3) is 0 Å². The summed E-state index contributed by atoms with van der Waals surface area (Å²) in [7, 11) is 1.49. The van der Waals surface area contributed by atoms with Crippen LogP contribution in [0.4, 0.5) is 5.82 Å². The Kier molecular flexibility index (Phi) is 6.25. The van der Waals surface area contributed by atoms with Gasteiger partial charge in [-0.15, -0.1) is 0 Å². The standard InChI is InChI=1S/C22H30N4O3/c1-5-26-19(12-20(27)24(4)22(26)29)25-10-6-7-17(14-25)21(28)23-13-18-11-15(2)8-9-16(18)3/h8-9,11-12,17H,5-7,10,13-14H2,1-4H3,(H,23,28). The molecule has 0 radical (unpaired) electrons. The molecular weight excluding hydrogens is 368 g/mol. The number of carbonyl (C=O) groups excluding carboxylic acids is 1. The van der Waals surface area contributed by atoms with E-state index in [-0.39, 0.29) is 23.1 Å². The monoisotopic (exact) mass is 398 g/mol. The Morgan fingerprint density at radius 2 is 1.97 bits per heavy atom. The van der Waals surface area contributed by atoms with Crippen molar-refractivity contribution < 1.29 is 4.79 Å². The van der Waals surface area contributed by atoms with E-state index in [0.717, 1.165) is 35.1 Å². The highest BCUT2D eigenvalue weighted by atomic mass is 16.2. The maximum atomic E-state index is 12.8. The summed E-state index contributed by atoms with van der Waals surface area (Å²) in [6.45, 7) is 8.19. The minimum absolute atomic E-state index is 0.0184. The van der Waals surface area contributed by atoms with Crippen LogP contribution in [0.1, 0.15) is 36.5 Å². The van der Waals surface area contributed by atoms with Gasteiger partial charge in [-0.3, -0.25) is 18.7 Å². The van der Waals surface area contributed by atoms with Crippen molar-refractivity contribution in [2.24, 2.45) is 13.0 Å². The third kappa shape index (κ3) is 4.44. The van der Waals surface area contributed by atoms with E-state index in [9.17, 15) is 14.4 Å². The van der Waals surface area contributed by atoms with E-state index in [1.54, 1.807) is 4.57 Å². The number of anilines is 1. The van der Waals surface area contributed by atoms with Crippen LogP contribution in [0.3, 0.4) is 0 Å². The lowest BCUT2D eigenvalue weighted by atomic mass is 9.96.